The quantitative estimate of drug-likeness (QED) is 0.749. The first-order valence-corrected chi connectivity index (χ1v) is 7.17. The van der Waals surface area contributed by atoms with Gasteiger partial charge in [0.25, 0.3) is 0 Å². The Labute approximate surface area is 118 Å². The molecule has 102 valence electrons. The number of hydrogen-bond acceptors (Lipinski definition) is 3. The van der Waals surface area contributed by atoms with Crippen molar-refractivity contribution in [3.05, 3.63) is 28.2 Å². The van der Waals surface area contributed by atoms with Crippen molar-refractivity contribution in [1.82, 2.24) is 0 Å². The Balaban J connectivity index is 2.52. The largest absolute Gasteiger partial charge is 0.491 e. The Hall–Kier alpha value is -0.580. The summed E-state index contributed by atoms with van der Waals surface area (Å²) < 4.78 is 12.2. The molecule has 0 saturated heterocycles. The maximum atomic E-state index is 5.84. The van der Waals surface area contributed by atoms with E-state index in [0.29, 0.717) is 13.2 Å². The van der Waals surface area contributed by atoms with Gasteiger partial charge in [0.05, 0.1) is 6.61 Å². The predicted octanol–water partition coefficient (Wildman–Crippen LogP) is 3.14. The summed E-state index contributed by atoms with van der Waals surface area (Å²) in [6, 6.07) is 6.14. The summed E-state index contributed by atoms with van der Waals surface area (Å²) in [7, 11) is 0. The number of halogens is 1. The Kier molecular flexibility index (Phi) is 7.32. The van der Waals surface area contributed by atoms with E-state index in [4.69, 9.17) is 15.2 Å². The maximum Gasteiger partial charge on any atom is 0.122 e. The molecule has 0 fully saturated rings. The van der Waals surface area contributed by atoms with E-state index in [1.807, 2.05) is 19.1 Å². The van der Waals surface area contributed by atoms with E-state index in [-0.39, 0.29) is 6.04 Å². The highest BCUT2D eigenvalue weighted by atomic mass is 79.9. The van der Waals surface area contributed by atoms with Gasteiger partial charge in [-0.15, -0.1) is 0 Å². The van der Waals surface area contributed by atoms with Crippen LogP contribution in [0.3, 0.4) is 0 Å². The number of benzene rings is 1. The average molecular weight is 316 g/mol. The first-order chi connectivity index (χ1) is 8.63. The second kappa shape index (κ2) is 8.51. The molecule has 1 atom stereocenters. The van der Waals surface area contributed by atoms with Crippen molar-refractivity contribution < 1.29 is 9.47 Å². The molecule has 2 N–H and O–H groups in total. The minimum atomic E-state index is 0.123. The van der Waals surface area contributed by atoms with Crippen molar-refractivity contribution in [3.63, 3.8) is 0 Å². The molecule has 1 aromatic rings. The molecule has 0 aromatic heterocycles. The summed E-state index contributed by atoms with van der Waals surface area (Å²) >= 11 is 3.47. The molecule has 0 heterocycles. The molecule has 0 spiro atoms. The molecular weight excluding hydrogens is 294 g/mol. The van der Waals surface area contributed by atoms with Crippen LogP contribution in [0.15, 0.2) is 22.7 Å². The van der Waals surface area contributed by atoms with Crippen LogP contribution >= 0.6 is 15.9 Å². The molecule has 18 heavy (non-hydrogen) atoms. The molecule has 0 saturated carbocycles. The molecule has 0 aliphatic carbocycles. The Morgan fingerprint density at radius 3 is 2.72 bits per heavy atom. The van der Waals surface area contributed by atoms with E-state index in [0.717, 1.165) is 35.2 Å². The fourth-order valence-corrected chi connectivity index (χ4v) is 2.06. The third-order valence-electron chi connectivity index (χ3n) is 2.40. The standard InChI is InChI=1S/C14H22BrNO2/c1-3-6-17-7-8-18-14-5-4-13(15)10-12(14)9-11(2)16/h4-5,10-11H,3,6-9,16H2,1-2H3. The monoisotopic (exact) mass is 315 g/mol. The van der Waals surface area contributed by atoms with Crippen molar-refractivity contribution in [2.75, 3.05) is 19.8 Å². The molecule has 4 heteroatoms. The lowest BCUT2D eigenvalue weighted by Gasteiger charge is -2.13. The summed E-state index contributed by atoms with van der Waals surface area (Å²) in [5, 5.41) is 0. The molecule has 1 rings (SSSR count). The predicted molar refractivity (Wildman–Crippen MR) is 78.1 cm³/mol. The zero-order valence-corrected chi connectivity index (χ0v) is 12.7. The number of hydrogen-bond donors (Lipinski definition) is 1. The number of rotatable bonds is 8. The number of nitrogens with two attached hydrogens (primary N) is 1. The van der Waals surface area contributed by atoms with Crippen molar-refractivity contribution in [2.24, 2.45) is 5.73 Å². The fourth-order valence-electron chi connectivity index (χ4n) is 1.65. The van der Waals surface area contributed by atoms with Crippen LogP contribution in [0.4, 0.5) is 0 Å². The van der Waals surface area contributed by atoms with Gasteiger partial charge in [-0.3, -0.25) is 0 Å². The minimum Gasteiger partial charge on any atom is -0.491 e. The van der Waals surface area contributed by atoms with Crippen LogP contribution in [0.1, 0.15) is 25.8 Å². The fraction of sp³-hybridized carbons (Fsp3) is 0.571. The molecule has 1 aromatic carbocycles. The van der Waals surface area contributed by atoms with Crippen molar-refractivity contribution >= 4 is 15.9 Å². The smallest absolute Gasteiger partial charge is 0.122 e. The first-order valence-electron chi connectivity index (χ1n) is 6.38. The molecule has 0 radical (unpaired) electrons. The summed E-state index contributed by atoms with van der Waals surface area (Å²) in [6.07, 6.45) is 1.85. The van der Waals surface area contributed by atoms with Gasteiger partial charge >= 0.3 is 0 Å². The summed E-state index contributed by atoms with van der Waals surface area (Å²) in [5.74, 6) is 0.899. The molecule has 3 nitrogen and oxygen atoms in total. The van der Waals surface area contributed by atoms with E-state index >= 15 is 0 Å². The van der Waals surface area contributed by atoms with Crippen molar-refractivity contribution in [3.8, 4) is 5.75 Å². The second-order valence-electron chi connectivity index (χ2n) is 4.39. The van der Waals surface area contributed by atoms with Gasteiger partial charge in [0.15, 0.2) is 0 Å². The van der Waals surface area contributed by atoms with E-state index < -0.39 is 0 Å². The van der Waals surface area contributed by atoms with Gasteiger partial charge in [-0.05, 0) is 43.5 Å². The summed E-state index contributed by atoms with van der Waals surface area (Å²) in [6.45, 7) is 6.08. The van der Waals surface area contributed by atoms with Crippen LogP contribution in [-0.4, -0.2) is 25.9 Å². The van der Waals surface area contributed by atoms with Crippen LogP contribution in [0.25, 0.3) is 0 Å². The zero-order valence-electron chi connectivity index (χ0n) is 11.1. The van der Waals surface area contributed by atoms with Crippen molar-refractivity contribution in [1.29, 1.82) is 0 Å². The van der Waals surface area contributed by atoms with E-state index in [2.05, 4.69) is 28.9 Å². The Morgan fingerprint density at radius 1 is 1.28 bits per heavy atom. The Bertz CT molecular complexity index is 356. The lowest BCUT2D eigenvalue weighted by molar-refractivity contribution is 0.100. The SMILES string of the molecule is CCCOCCOc1ccc(Br)cc1CC(C)N. The minimum absolute atomic E-state index is 0.123. The molecule has 0 aliphatic rings. The number of ether oxygens (including phenoxy) is 2. The zero-order chi connectivity index (χ0) is 13.4. The van der Waals surface area contributed by atoms with E-state index in [1.165, 1.54) is 0 Å². The highest BCUT2D eigenvalue weighted by molar-refractivity contribution is 9.10. The van der Waals surface area contributed by atoms with Gasteiger partial charge in [-0.1, -0.05) is 22.9 Å². The molecule has 0 aliphatic heterocycles. The third-order valence-corrected chi connectivity index (χ3v) is 2.89. The normalized spacial score (nSPS) is 12.4. The van der Waals surface area contributed by atoms with Crippen LogP contribution in [0, 0.1) is 0 Å². The van der Waals surface area contributed by atoms with E-state index in [9.17, 15) is 0 Å². The highest BCUT2D eigenvalue weighted by Crippen LogP contribution is 2.24. The van der Waals surface area contributed by atoms with Crippen LogP contribution < -0.4 is 10.5 Å². The van der Waals surface area contributed by atoms with E-state index in [1.54, 1.807) is 0 Å². The highest BCUT2D eigenvalue weighted by Gasteiger charge is 2.07. The summed E-state index contributed by atoms with van der Waals surface area (Å²) in [5.41, 5.74) is 6.98. The third kappa shape index (κ3) is 5.85. The van der Waals surface area contributed by atoms with Gasteiger partial charge in [-0.2, -0.15) is 0 Å². The molecule has 0 amide bonds. The lowest BCUT2D eigenvalue weighted by Crippen LogP contribution is -2.18. The van der Waals surface area contributed by atoms with Crippen molar-refractivity contribution in [2.45, 2.75) is 32.7 Å². The maximum absolute atomic E-state index is 5.84. The van der Waals surface area contributed by atoms with Gasteiger partial charge in [-0.25, -0.2) is 0 Å². The second-order valence-corrected chi connectivity index (χ2v) is 5.31. The Morgan fingerprint density at radius 2 is 2.06 bits per heavy atom. The summed E-state index contributed by atoms with van der Waals surface area (Å²) in [4.78, 5) is 0. The molecule has 0 bridgehead atoms. The molecular formula is C14H22BrNO2. The van der Waals surface area contributed by atoms with Gasteiger partial charge in [0.1, 0.15) is 12.4 Å². The average Bonchev–Trinajstić information content (AvgIpc) is 2.30. The van der Waals surface area contributed by atoms with Gasteiger partial charge in [0.2, 0.25) is 0 Å². The van der Waals surface area contributed by atoms with Crippen LogP contribution in [0.2, 0.25) is 0 Å². The van der Waals surface area contributed by atoms with Crippen LogP contribution in [0.5, 0.6) is 5.75 Å². The van der Waals surface area contributed by atoms with Crippen LogP contribution in [-0.2, 0) is 11.2 Å². The topological polar surface area (TPSA) is 44.5 Å². The lowest BCUT2D eigenvalue weighted by atomic mass is 10.1. The van der Waals surface area contributed by atoms with Gasteiger partial charge in [0, 0.05) is 17.1 Å². The first kappa shape index (κ1) is 15.5. The molecule has 1 unspecified atom stereocenters. The van der Waals surface area contributed by atoms with Gasteiger partial charge < -0.3 is 15.2 Å².